The van der Waals surface area contributed by atoms with Crippen molar-refractivity contribution in [3.63, 3.8) is 0 Å². The summed E-state index contributed by atoms with van der Waals surface area (Å²) in [5.41, 5.74) is 1.17. The number of nitrogens with zero attached hydrogens (tertiary/aromatic N) is 1. The van der Waals surface area contributed by atoms with Crippen molar-refractivity contribution in [3.8, 4) is 0 Å². The van der Waals surface area contributed by atoms with Crippen LogP contribution in [0.25, 0.3) is 0 Å². The van der Waals surface area contributed by atoms with Gasteiger partial charge < -0.3 is 14.4 Å². The Morgan fingerprint density at radius 1 is 1.29 bits per heavy atom. The Bertz CT molecular complexity index is 708. The van der Waals surface area contributed by atoms with Crippen LogP contribution in [0.5, 0.6) is 0 Å². The van der Waals surface area contributed by atoms with E-state index >= 15 is 0 Å². The molecule has 3 aliphatic heterocycles. The van der Waals surface area contributed by atoms with Crippen LogP contribution in [0.1, 0.15) is 35.1 Å². The molecular weight excluding hydrogens is 274 g/mol. The van der Waals surface area contributed by atoms with Crippen LogP contribution in [0, 0.1) is 0 Å². The maximum atomic E-state index is 12.2. The molecule has 6 heteroatoms. The van der Waals surface area contributed by atoms with E-state index in [0.717, 1.165) is 0 Å². The first-order valence-corrected chi connectivity index (χ1v) is 6.68. The molecule has 3 heterocycles. The maximum Gasteiger partial charge on any atom is 0.358 e. The average molecular weight is 285 g/mol. The molecule has 2 unspecified atom stereocenters. The summed E-state index contributed by atoms with van der Waals surface area (Å²) in [6.45, 7) is 0. The van der Waals surface area contributed by atoms with Gasteiger partial charge in [-0.05, 0) is 12.5 Å². The Morgan fingerprint density at radius 3 is 2.90 bits per heavy atom. The zero-order chi connectivity index (χ0) is 14.6. The van der Waals surface area contributed by atoms with Gasteiger partial charge in [0.25, 0.3) is 6.29 Å². The monoisotopic (exact) mass is 285 g/mol. The molecule has 0 aromatic heterocycles. The van der Waals surface area contributed by atoms with Crippen molar-refractivity contribution in [1.82, 2.24) is 4.90 Å². The van der Waals surface area contributed by atoms with Gasteiger partial charge in [-0.25, -0.2) is 9.59 Å². The minimum Gasteiger partial charge on any atom is -0.417 e. The van der Waals surface area contributed by atoms with E-state index in [1.807, 2.05) is 0 Å². The summed E-state index contributed by atoms with van der Waals surface area (Å²) >= 11 is 0. The van der Waals surface area contributed by atoms with Crippen molar-refractivity contribution in [1.29, 1.82) is 0 Å². The molecule has 1 fully saturated rings. The van der Waals surface area contributed by atoms with Crippen LogP contribution in [-0.4, -0.2) is 28.8 Å². The predicted molar refractivity (Wildman–Crippen MR) is 68.6 cm³/mol. The van der Waals surface area contributed by atoms with Gasteiger partial charge in [-0.2, -0.15) is 0 Å². The van der Waals surface area contributed by atoms with E-state index in [4.69, 9.17) is 9.47 Å². The minimum atomic E-state index is -1.04. The lowest BCUT2D eigenvalue weighted by Crippen LogP contribution is -2.49. The summed E-state index contributed by atoms with van der Waals surface area (Å²) in [5, 5.41) is 0. The number of amides is 1. The molecule has 4 rings (SSSR count). The summed E-state index contributed by atoms with van der Waals surface area (Å²) in [7, 11) is 0. The lowest BCUT2D eigenvalue weighted by Gasteiger charge is -2.35. The van der Waals surface area contributed by atoms with Crippen molar-refractivity contribution in [2.75, 3.05) is 0 Å². The molecule has 21 heavy (non-hydrogen) atoms. The Morgan fingerprint density at radius 2 is 2.10 bits per heavy atom. The number of cyclic esters (lactones) is 1. The van der Waals surface area contributed by atoms with E-state index in [-0.39, 0.29) is 17.6 Å². The third-order valence-electron chi connectivity index (χ3n) is 3.96. The summed E-state index contributed by atoms with van der Waals surface area (Å²) < 4.78 is 10.3. The molecule has 0 aliphatic carbocycles. The molecule has 3 aliphatic rings. The smallest absolute Gasteiger partial charge is 0.358 e. The van der Waals surface area contributed by atoms with Gasteiger partial charge in [0, 0.05) is 18.0 Å². The van der Waals surface area contributed by atoms with Crippen LogP contribution in [0.2, 0.25) is 0 Å². The molecule has 106 valence electrons. The first-order valence-electron chi connectivity index (χ1n) is 6.68. The van der Waals surface area contributed by atoms with Crippen LogP contribution in [0.15, 0.2) is 36.0 Å². The second kappa shape index (κ2) is 4.18. The standard InChI is InChI=1S/C15H11NO5/c17-12-7-8-5-6-11(16(8)12)14(19)21-15-10-4-2-1-3-9(10)13(18)20-15/h1-4,6,8,15H,5,7H2. The number of ether oxygens (including phenoxy) is 2. The summed E-state index contributed by atoms with van der Waals surface area (Å²) in [4.78, 5) is 36.8. The maximum absolute atomic E-state index is 12.2. The molecule has 2 atom stereocenters. The van der Waals surface area contributed by atoms with Crippen molar-refractivity contribution in [3.05, 3.63) is 47.2 Å². The fraction of sp³-hybridized carbons (Fsp3) is 0.267. The van der Waals surface area contributed by atoms with E-state index in [1.54, 1.807) is 30.3 Å². The molecule has 0 radical (unpaired) electrons. The van der Waals surface area contributed by atoms with Gasteiger partial charge in [0.1, 0.15) is 5.70 Å². The number of hydrogen-bond acceptors (Lipinski definition) is 5. The number of rotatable bonds is 2. The Hall–Kier alpha value is -2.63. The summed E-state index contributed by atoms with van der Waals surface area (Å²) in [6, 6.07) is 6.84. The molecule has 1 amide bonds. The zero-order valence-corrected chi connectivity index (χ0v) is 10.9. The first kappa shape index (κ1) is 12.1. The molecule has 0 N–H and O–H groups in total. The number of β-lactam (4-membered cyclic amide) rings is 1. The number of carbonyl (C=O) groups is 3. The number of carbonyl (C=O) groups excluding carboxylic acids is 3. The highest BCUT2D eigenvalue weighted by atomic mass is 16.7. The quantitative estimate of drug-likeness (QED) is 0.604. The molecule has 1 aromatic carbocycles. The third kappa shape index (κ3) is 1.68. The van der Waals surface area contributed by atoms with Crippen LogP contribution < -0.4 is 0 Å². The van der Waals surface area contributed by atoms with Gasteiger partial charge in [-0.15, -0.1) is 0 Å². The Balaban J connectivity index is 1.54. The summed E-state index contributed by atoms with van der Waals surface area (Å²) in [5.74, 6) is -1.23. The van der Waals surface area contributed by atoms with Gasteiger partial charge in [0.2, 0.25) is 5.91 Å². The fourth-order valence-electron chi connectivity index (χ4n) is 2.89. The second-order valence-corrected chi connectivity index (χ2v) is 5.18. The van der Waals surface area contributed by atoms with E-state index in [9.17, 15) is 14.4 Å². The van der Waals surface area contributed by atoms with Crippen LogP contribution in [0.4, 0.5) is 0 Å². The lowest BCUT2D eigenvalue weighted by molar-refractivity contribution is -0.167. The van der Waals surface area contributed by atoms with Gasteiger partial charge in [0.05, 0.1) is 5.56 Å². The zero-order valence-electron chi connectivity index (χ0n) is 10.9. The minimum absolute atomic E-state index is 0.0792. The van der Waals surface area contributed by atoms with Gasteiger partial charge >= 0.3 is 11.9 Å². The molecule has 0 spiro atoms. The van der Waals surface area contributed by atoms with Gasteiger partial charge in [-0.1, -0.05) is 24.3 Å². The van der Waals surface area contributed by atoms with E-state index in [0.29, 0.717) is 24.0 Å². The van der Waals surface area contributed by atoms with Crippen LogP contribution in [0.3, 0.4) is 0 Å². The average Bonchev–Trinajstić information content (AvgIpc) is 2.97. The van der Waals surface area contributed by atoms with Gasteiger partial charge in [0.15, 0.2) is 0 Å². The summed E-state index contributed by atoms with van der Waals surface area (Å²) in [6.07, 6.45) is 1.78. The molecular formula is C15H11NO5. The molecule has 6 nitrogen and oxygen atoms in total. The molecule has 1 saturated heterocycles. The third-order valence-corrected chi connectivity index (χ3v) is 3.96. The van der Waals surface area contributed by atoms with Crippen molar-refractivity contribution in [2.45, 2.75) is 25.2 Å². The fourth-order valence-corrected chi connectivity index (χ4v) is 2.89. The first-order chi connectivity index (χ1) is 10.1. The molecule has 1 aromatic rings. The van der Waals surface area contributed by atoms with Crippen molar-refractivity contribution >= 4 is 17.8 Å². The molecule has 0 saturated carbocycles. The SMILES string of the molecule is O=C(OC1OC(=O)c2ccccc21)C1=CCC2CC(=O)N12. The Labute approximate surface area is 119 Å². The van der Waals surface area contributed by atoms with Crippen LogP contribution in [-0.2, 0) is 19.1 Å². The normalized spacial score (nSPS) is 25.7. The highest BCUT2D eigenvalue weighted by molar-refractivity contribution is 5.99. The Kier molecular flexibility index (Phi) is 2.42. The number of hydrogen-bond donors (Lipinski definition) is 0. The highest BCUT2D eigenvalue weighted by Gasteiger charge is 2.45. The molecule has 0 bridgehead atoms. The van der Waals surface area contributed by atoms with Crippen molar-refractivity contribution in [2.24, 2.45) is 0 Å². The highest BCUT2D eigenvalue weighted by Crippen LogP contribution is 2.36. The van der Waals surface area contributed by atoms with E-state index in [2.05, 4.69) is 0 Å². The number of benzene rings is 1. The number of fused-ring (bicyclic) bond motifs is 2. The topological polar surface area (TPSA) is 72.9 Å². The van der Waals surface area contributed by atoms with Crippen LogP contribution >= 0.6 is 0 Å². The van der Waals surface area contributed by atoms with E-state index in [1.165, 1.54) is 4.90 Å². The van der Waals surface area contributed by atoms with E-state index < -0.39 is 18.2 Å². The lowest BCUT2D eigenvalue weighted by atomic mass is 10.0. The largest absolute Gasteiger partial charge is 0.417 e. The predicted octanol–water partition coefficient (Wildman–Crippen LogP) is 1.29. The van der Waals surface area contributed by atoms with Gasteiger partial charge in [-0.3, -0.25) is 4.79 Å². The number of esters is 2. The second-order valence-electron chi connectivity index (χ2n) is 5.18. The van der Waals surface area contributed by atoms with Crippen molar-refractivity contribution < 1.29 is 23.9 Å².